The average molecular weight is 499 g/mol. The van der Waals surface area contributed by atoms with Gasteiger partial charge in [0.15, 0.2) is 22.8 Å². The molecule has 0 unspecified atom stereocenters. The molecule has 0 aliphatic carbocycles. The standard InChI is InChI=1S/C21H34N6O8/c1-7-32-18(28)14(19(29)33-8-2)16(22)26-24-12(5)11-13(6)25-27-17(23)15(20(30)34-9-3)21(31)35-10-4/h28,30H,7-11H2,1-6H3,(H2,22,26)(H2,23,27)/b18-14-,20-15+,24-12+,25-13+. The summed E-state index contributed by atoms with van der Waals surface area (Å²) in [6.07, 6.45) is 0.152. The predicted molar refractivity (Wildman–Crippen MR) is 130 cm³/mol. The number of hydrogen-bond donors (Lipinski definition) is 4. The van der Waals surface area contributed by atoms with Gasteiger partial charge in [-0.05, 0) is 41.5 Å². The highest BCUT2D eigenvalue weighted by Gasteiger charge is 2.24. The van der Waals surface area contributed by atoms with Gasteiger partial charge in [0.05, 0.1) is 26.4 Å². The van der Waals surface area contributed by atoms with E-state index in [0.717, 1.165) is 0 Å². The maximum atomic E-state index is 12.1. The predicted octanol–water partition coefficient (Wildman–Crippen LogP) is 1.58. The van der Waals surface area contributed by atoms with E-state index in [1.54, 1.807) is 41.5 Å². The summed E-state index contributed by atoms with van der Waals surface area (Å²) in [5.74, 6) is -4.14. The second-order valence-electron chi connectivity index (χ2n) is 6.49. The van der Waals surface area contributed by atoms with Gasteiger partial charge in [-0.2, -0.15) is 10.2 Å². The molecule has 14 nitrogen and oxygen atoms in total. The highest BCUT2D eigenvalue weighted by atomic mass is 16.6. The third kappa shape index (κ3) is 11.0. The molecule has 0 aromatic rings. The number of amidine groups is 2. The van der Waals surface area contributed by atoms with Crippen LogP contribution in [0.15, 0.2) is 43.4 Å². The lowest BCUT2D eigenvalue weighted by molar-refractivity contribution is -0.139. The topological polar surface area (TPSA) is 213 Å². The van der Waals surface area contributed by atoms with E-state index in [1.165, 1.54) is 0 Å². The molecule has 0 aromatic carbocycles. The SMILES string of the molecule is CCOC(=O)C(=C(/O)OCC)/C(N)=N\N=C(/C)C/C(C)=N/N=C(N)/C(C(=O)OCC)=C(/O)OCC. The van der Waals surface area contributed by atoms with Crippen LogP contribution in [0.3, 0.4) is 0 Å². The number of hydrogen-bond acceptors (Lipinski definition) is 12. The van der Waals surface area contributed by atoms with Gasteiger partial charge in [0.25, 0.3) is 11.9 Å². The van der Waals surface area contributed by atoms with E-state index < -0.39 is 46.6 Å². The molecule has 0 aliphatic rings. The molecule has 0 aliphatic heterocycles. The van der Waals surface area contributed by atoms with Crippen molar-refractivity contribution in [3.05, 3.63) is 23.0 Å². The summed E-state index contributed by atoms with van der Waals surface area (Å²) >= 11 is 0. The number of aliphatic hydroxyl groups excluding tert-OH is 2. The van der Waals surface area contributed by atoms with Crippen LogP contribution in [0.5, 0.6) is 0 Å². The van der Waals surface area contributed by atoms with Gasteiger partial charge < -0.3 is 40.6 Å². The van der Waals surface area contributed by atoms with Crippen molar-refractivity contribution in [2.24, 2.45) is 31.9 Å². The van der Waals surface area contributed by atoms with Gasteiger partial charge in [-0.25, -0.2) is 9.59 Å². The molecule has 196 valence electrons. The number of ether oxygens (including phenoxy) is 4. The van der Waals surface area contributed by atoms with Gasteiger partial charge in [-0.1, -0.05) is 0 Å². The van der Waals surface area contributed by atoms with E-state index in [1.807, 2.05) is 0 Å². The van der Waals surface area contributed by atoms with Crippen molar-refractivity contribution in [2.75, 3.05) is 26.4 Å². The van der Waals surface area contributed by atoms with E-state index in [4.69, 9.17) is 30.4 Å². The summed E-state index contributed by atoms with van der Waals surface area (Å²) in [6, 6.07) is 0. The molecule has 35 heavy (non-hydrogen) atoms. The lowest BCUT2D eigenvalue weighted by Crippen LogP contribution is -2.25. The average Bonchev–Trinajstić information content (AvgIpc) is 2.77. The number of nitrogens with zero attached hydrogens (tertiary/aromatic N) is 4. The van der Waals surface area contributed by atoms with E-state index in [2.05, 4.69) is 20.4 Å². The third-order valence-corrected chi connectivity index (χ3v) is 3.63. The molecule has 0 rings (SSSR count). The molecular weight excluding hydrogens is 464 g/mol. The van der Waals surface area contributed by atoms with Gasteiger partial charge in [-0.15, -0.1) is 10.2 Å². The van der Waals surface area contributed by atoms with Crippen molar-refractivity contribution < 1.29 is 38.7 Å². The zero-order valence-corrected chi connectivity index (χ0v) is 20.8. The quantitative estimate of drug-likeness (QED) is 0.0677. The molecule has 0 aromatic heterocycles. The fourth-order valence-electron chi connectivity index (χ4n) is 2.25. The number of esters is 2. The van der Waals surface area contributed by atoms with Crippen LogP contribution in [-0.4, -0.2) is 71.7 Å². The Hall–Kier alpha value is -4.10. The van der Waals surface area contributed by atoms with Crippen LogP contribution in [0.2, 0.25) is 0 Å². The zero-order valence-electron chi connectivity index (χ0n) is 20.8. The Bertz CT molecular complexity index is 860. The lowest BCUT2D eigenvalue weighted by atomic mass is 10.2. The number of carbonyl (C=O) groups is 2. The van der Waals surface area contributed by atoms with Crippen molar-refractivity contribution in [2.45, 2.75) is 48.0 Å². The molecule has 6 N–H and O–H groups in total. The van der Waals surface area contributed by atoms with Crippen molar-refractivity contribution in [3.8, 4) is 0 Å². The van der Waals surface area contributed by atoms with Gasteiger partial charge in [0.2, 0.25) is 0 Å². The number of aliphatic hydroxyl groups is 2. The summed E-state index contributed by atoms with van der Waals surface area (Å²) in [5.41, 5.74) is 11.5. The normalized spacial score (nSPS) is 14.6. The largest absolute Gasteiger partial charge is 0.480 e. The third-order valence-electron chi connectivity index (χ3n) is 3.63. The van der Waals surface area contributed by atoms with Crippen molar-refractivity contribution in [1.29, 1.82) is 0 Å². The number of carbonyl (C=O) groups excluding carboxylic acids is 2. The zero-order chi connectivity index (χ0) is 27.0. The molecule has 0 fully saturated rings. The van der Waals surface area contributed by atoms with Gasteiger partial charge in [0, 0.05) is 17.8 Å². The summed E-state index contributed by atoms with van der Waals surface area (Å²) in [5, 5.41) is 35.2. The van der Waals surface area contributed by atoms with Crippen LogP contribution in [-0.2, 0) is 28.5 Å². The minimum atomic E-state index is -0.920. The maximum absolute atomic E-state index is 12.1. The van der Waals surface area contributed by atoms with Gasteiger partial charge in [-0.3, -0.25) is 0 Å². The van der Waals surface area contributed by atoms with Crippen molar-refractivity contribution >= 4 is 35.0 Å². The molecule has 0 bridgehead atoms. The molecule has 14 heteroatoms. The molecule has 0 atom stereocenters. The van der Waals surface area contributed by atoms with Crippen LogP contribution in [0.4, 0.5) is 0 Å². The van der Waals surface area contributed by atoms with Gasteiger partial charge in [0.1, 0.15) is 0 Å². The molecule has 0 radical (unpaired) electrons. The molecule has 0 saturated carbocycles. The minimum absolute atomic E-state index is 0.0477. The molecule has 0 amide bonds. The van der Waals surface area contributed by atoms with Gasteiger partial charge >= 0.3 is 11.9 Å². The summed E-state index contributed by atoms with van der Waals surface area (Å²) < 4.78 is 19.5. The fraction of sp³-hybridized carbons (Fsp3) is 0.524. The first-order valence-corrected chi connectivity index (χ1v) is 10.7. The van der Waals surface area contributed by atoms with Crippen molar-refractivity contribution in [3.63, 3.8) is 0 Å². The van der Waals surface area contributed by atoms with E-state index in [-0.39, 0.29) is 32.8 Å². The minimum Gasteiger partial charge on any atom is -0.480 e. The number of nitrogens with two attached hydrogens (primary N) is 2. The molecule has 0 saturated heterocycles. The van der Waals surface area contributed by atoms with E-state index >= 15 is 0 Å². The molecule has 0 spiro atoms. The van der Waals surface area contributed by atoms with Crippen LogP contribution >= 0.6 is 0 Å². The monoisotopic (exact) mass is 498 g/mol. The first-order valence-electron chi connectivity index (χ1n) is 10.7. The van der Waals surface area contributed by atoms with Crippen LogP contribution in [0.1, 0.15) is 48.0 Å². The molecule has 0 heterocycles. The van der Waals surface area contributed by atoms with E-state index in [9.17, 15) is 19.8 Å². The maximum Gasteiger partial charge on any atom is 0.349 e. The Balaban J connectivity index is 5.77. The van der Waals surface area contributed by atoms with Crippen LogP contribution in [0.25, 0.3) is 0 Å². The van der Waals surface area contributed by atoms with Crippen LogP contribution in [0, 0.1) is 0 Å². The van der Waals surface area contributed by atoms with Crippen LogP contribution < -0.4 is 11.5 Å². The second-order valence-corrected chi connectivity index (χ2v) is 6.49. The highest BCUT2D eigenvalue weighted by molar-refractivity contribution is 6.19. The summed E-state index contributed by atoms with van der Waals surface area (Å²) in [4.78, 5) is 24.1. The first kappa shape index (κ1) is 30.9. The Labute approximate surface area is 203 Å². The number of rotatable bonds is 14. The molecular formula is C21H34N6O8. The van der Waals surface area contributed by atoms with Crippen molar-refractivity contribution in [1.82, 2.24) is 0 Å². The second kappa shape index (κ2) is 16.5. The highest BCUT2D eigenvalue weighted by Crippen LogP contribution is 2.09. The Kier molecular flexibility index (Phi) is 14.6. The summed E-state index contributed by atoms with van der Waals surface area (Å²) in [7, 11) is 0. The Morgan fingerprint density at radius 2 is 0.943 bits per heavy atom. The Morgan fingerprint density at radius 3 is 1.23 bits per heavy atom. The lowest BCUT2D eigenvalue weighted by Gasteiger charge is -2.09. The van der Waals surface area contributed by atoms with E-state index in [0.29, 0.717) is 11.4 Å². The fourth-order valence-corrected chi connectivity index (χ4v) is 2.25. The first-order chi connectivity index (χ1) is 16.5. The Morgan fingerprint density at radius 1 is 0.629 bits per heavy atom. The smallest absolute Gasteiger partial charge is 0.349 e. The summed E-state index contributed by atoms with van der Waals surface area (Å²) in [6.45, 7) is 9.85.